The molecule has 1 aliphatic rings. The monoisotopic (exact) mass is 134 g/mol. The number of carbonyl (C=O) groups excluding carboxylic acids is 1. The Hall–Kier alpha value is -0.540. The van der Waals surface area contributed by atoms with Crippen LogP contribution < -0.4 is 0 Å². The summed E-state index contributed by atoms with van der Waals surface area (Å²) in [5.41, 5.74) is 0. The highest BCUT2D eigenvalue weighted by atomic mass is 35.5. The summed E-state index contributed by atoms with van der Waals surface area (Å²) in [4.78, 5) is 18.8. The van der Waals surface area contributed by atoms with E-state index in [4.69, 9.17) is 11.6 Å². The quantitative estimate of drug-likeness (QED) is 0.389. The summed E-state index contributed by atoms with van der Waals surface area (Å²) in [5, 5.41) is -0.623. The first-order valence-corrected chi connectivity index (χ1v) is 2.38. The Balaban J connectivity index is 2.57. The molecule has 0 fully saturated rings. The summed E-state index contributed by atoms with van der Waals surface area (Å²) in [6, 6.07) is 0. The highest BCUT2D eigenvalue weighted by molar-refractivity contribution is 6.67. The van der Waals surface area contributed by atoms with Crippen molar-refractivity contribution in [1.29, 1.82) is 0 Å². The van der Waals surface area contributed by atoms with E-state index in [9.17, 15) is 4.79 Å². The fraction of sp³-hybridized carbons (Fsp3) is 0.250. The van der Waals surface area contributed by atoms with Crippen molar-refractivity contribution in [2.24, 2.45) is 0 Å². The van der Waals surface area contributed by atoms with Gasteiger partial charge in [-0.25, -0.2) is 0 Å². The Labute approximate surface area is 50.8 Å². The van der Waals surface area contributed by atoms with Gasteiger partial charge in [0.05, 0.1) is 0 Å². The first kappa shape index (κ1) is 5.59. The number of hydrogen-bond donors (Lipinski definition) is 0. The largest absolute Gasteiger partial charge is 0.332 e. The van der Waals surface area contributed by atoms with Crippen LogP contribution in [0.3, 0.4) is 0 Å². The zero-order chi connectivity index (χ0) is 5.98. The normalized spacial score (nSPS) is 17.4. The molecule has 44 valence electrons. The van der Waals surface area contributed by atoms with E-state index in [1.807, 2.05) is 0 Å². The topological polar surface area (TPSA) is 35.5 Å². The fourth-order valence-corrected chi connectivity index (χ4v) is 0.463. The molecule has 1 aliphatic heterocycles. The summed E-state index contributed by atoms with van der Waals surface area (Å²) < 4.78 is 0. The van der Waals surface area contributed by atoms with Crippen LogP contribution >= 0.6 is 11.6 Å². The summed E-state index contributed by atoms with van der Waals surface area (Å²) in [5.74, 6) is 0.0756. The van der Waals surface area contributed by atoms with Gasteiger partial charge in [0, 0.05) is 0 Å². The summed E-state index contributed by atoms with van der Waals surface area (Å²) in [6.45, 7) is 0.299. The van der Waals surface area contributed by atoms with Gasteiger partial charge in [-0.2, -0.15) is 4.89 Å². The summed E-state index contributed by atoms with van der Waals surface area (Å²) >= 11 is 4.97. The van der Waals surface area contributed by atoms with Crippen LogP contribution in [0, 0.1) is 0 Å². The van der Waals surface area contributed by atoms with Gasteiger partial charge in [0.25, 0.3) is 5.24 Å². The lowest BCUT2D eigenvalue weighted by Gasteiger charge is -1.90. The molecule has 1 rings (SSSR count). The molecular formula is C4H3ClO3. The van der Waals surface area contributed by atoms with Crippen LogP contribution in [0.4, 0.5) is 0 Å². The van der Waals surface area contributed by atoms with Crippen LogP contribution in [0.15, 0.2) is 11.8 Å². The average Bonchev–Trinajstić information content (AvgIpc) is 2.12. The van der Waals surface area contributed by atoms with E-state index in [-0.39, 0.29) is 5.76 Å². The van der Waals surface area contributed by atoms with Gasteiger partial charge < -0.3 is 4.89 Å². The standard InChI is InChI=1S/C4H3ClO3/c5-4(6)3-1-2-7-8-3/h1H,2H2. The van der Waals surface area contributed by atoms with Crippen molar-refractivity contribution in [2.45, 2.75) is 0 Å². The predicted octanol–water partition coefficient (Wildman–Crippen LogP) is 0.597. The van der Waals surface area contributed by atoms with Crippen molar-refractivity contribution in [3.63, 3.8) is 0 Å². The lowest BCUT2D eigenvalue weighted by atomic mass is 10.5. The van der Waals surface area contributed by atoms with Gasteiger partial charge in [-0.1, -0.05) is 0 Å². The molecule has 0 radical (unpaired) electrons. The Morgan fingerprint density at radius 2 is 2.62 bits per heavy atom. The van der Waals surface area contributed by atoms with E-state index in [1.54, 1.807) is 0 Å². The van der Waals surface area contributed by atoms with Crippen molar-refractivity contribution in [2.75, 3.05) is 6.61 Å². The molecule has 0 saturated heterocycles. The minimum Gasteiger partial charge on any atom is -0.332 e. The molecule has 0 aliphatic carbocycles. The molecule has 0 aromatic rings. The molecule has 0 N–H and O–H groups in total. The van der Waals surface area contributed by atoms with Gasteiger partial charge in [0.1, 0.15) is 6.61 Å². The van der Waals surface area contributed by atoms with Crippen LogP contribution in [-0.2, 0) is 14.6 Å². The van der Waals surface area contributed by atoms with Gasteiger partial charge in [0.15, 0.2) is 0 Å². The third-order valence-electron chi connectivity index (χ3n) is 0.679. The Kier molecular flexibility index (Phi) is 1.50. The van der Waals surface area contributed by atoms with E-state index < -0.39 is 5.24 Å². The van der Waals surface area contributed by atoms with E-state index in [0.717, 1.165) is 0 Å². The lowest BCUT2D eigenvalue weighted by molar-refractivity contribution is -0.232. The predicted molar refractivity (Wildman–Crippen MR) is 26.0 cm³/mol. The van der Waals surface area contributed by atoms with Gasteiger partial charge >= 0.3 is 0 Å². The van der Waals surface area contributed by atoms with Crippen molar-refractivity contribution >= 4 is 16.8 Å². The number of hydrogen-bond acceptors (Lipinski definition) is 3. The molecular weight excluding hydrogens is 131 g/mol. The lowest BCUT2D eigenvalue weighted by Crippen LogP contribution is -1.91. The number of halogens is 1. The van der Waals surface area contributed by atoms with E-state index >= 15 is 0 Å². The van der Waals surface area contributed by atoms with Gasteiger partial charge in [0.2, 0.25) is 5.76 Å². The first-order valence-electron chi connectivity index (χ1n) is 2.00. The molecule has 0 aromatic heterocycles. The molecule has 1 heterocycles. The molecule has 0 spiro atoms. The SMILES string of the molecule is O=C(Cl)C1=CCOO1. The Bertz CT molecular complexity index is 140. The van der Waals surface area contributed by atoms with Gasteiger partial charge in [-0.3, -0.25) is 4.79 Å². The summed E-state index contributed by atoms with van der Waals surface area (Å²) in [7, 11) is 0. The second-order valence-electron chi connectivity index (χ2n) is 1.21. The number of allylic oxidation sites excluding steroid dienone is 1. The molecule has 0 atom stereocenters. The molecule has 0 saturated carbocycles. The second-order valence-corrected chi connectivity index (χ2v) is 1.55. The second kappa shape index (κ2) is 2.15. The zero-order valence-corrected chi connectivity index (χ0v) is 4.64. The highest BCUT2D eigenvalue weighted by Crippen LogP contribution is 2.08. The molecule has 0 bridgehead atoms. The van der Waals surface area contributed by atoms with Crippen LogP contribution in [0.25, 0.3) is 0 Å². The zero-order valence-electron chi connectivity index (χ0n) is 3.89. The molecule has 4 heteroatoms. The molecule has 0 unspecified atom stereocenters. The van der Waals surface area contributed by atoms with E-state index in [2.05, 4.69) is 9.78 Å². The highest BCUT2D eigenvalue weighted by Gasteiger charge is 2.12. The minimum atomic E-state index is -0.623. The third kappa shape index (κ3) is 0.993. The van der Waals surface area contributed by atoms with Crippen molar-refractivity contribution < 1.29 is 14.6 Å². The van der Waals surface area contributed by atoms with Crippen molar-refractivity contribution in [3.8, 4) is 0 Å². The third-order valence-corrected chi connectivity index (χ3v) is 0.865. The molecule has 8 heavy (non-hydrogen) atoms. The summed E-state index contributed by atoms with van der Waals surface area (Å²) in [6.07, 6.45) is 1.47. The molecule has 0 aromatic carbocycles. The van der Waals surface area contributed by atoms with Crippen LogP contribution in [0.1, 0.15) is 0 Å². The molecule has 3 nitrogen and oxygen atoms in total. The maximum Gasteiger partial charge on any atom is 0.291 e. The maximum absolute atomic E-state index is 10.1. The van der Waals surface area contributed by atoms with E-state index in [1.165, 1.54) is 6.08 Å². The average molecular weight is 135 g/mol. The minimum absolute atomic E-state index is 0.0756. The number of carbonyl (C=O) groups is 1. The Morgan fingerprint density at radius 3 is 2.88 bits per heavy atom. The van der Waals surface area contributed by atoms with Crippen molar-refractivity contribution in [1.82, 2.24) is 0 Å². The smallest absolute Gasteiger partial charge is 0.291 e. The van der Waals surface area contributed by atoms with Crippen LogP contribution in [0.2, 0.25) is 0 Å². The van der Waals surface area contributed by atoms with Crippen LogP contribution in [-0.4, -0.2) is 11.8 Å². The maximum atomic E-state index is 10.1. The van der Waals surface area contributed by atoms with Gasteiger partial charge in [-0.15, -0.1) is 0 Å². The molecule has 0 amide bonds. The number of rotatable bonds is 1. The Morgan fingerprint density at radius 1 is 1.88 bits per heavy atom. The first-order chi connectivity index (χ1) is 3.80. The van der Waals surface area contributed by atoms with E-state index in [0.29, 0.717) is 6.61 Å². The van der Waals surface area contributed by atoms with Crippen LogP contribution in [0.5, 0.6) is 0 Å². The van der Waals surface area contributed by atoms with Crippen molar-refractivity contribution in [3.05, 3.63) is 11.8 Å². The fourth-order valence-electron chi connectivity index (χ4n) is 0.354. The van der Waals surface area contributed by atoms with Gasteiger partial charge in [-0.05, 0) is 17.7 Å².